The number of pyridine rings is 1. The SMILES string of the molecule is CC1CCCN(c2cc(C(N)=NO)c3ccccc3n2)C1. The molecule has 0 radical (unpaired) electrons. The Morgan fingerprint density at radius 1 is 1.43 bits per heavy atom. The Balaban J connectivity index is 2.11. The van der Waals surface area contributed by atoms with Gasteiger partial charge >= 0.3 is 0 Å². The van der Waals surface area contributed by atoms with E-state index in [0.29, 0.717) is 5.92 Å². The predicted molar refractivity (Wildman–Crippen MR) is 84.9 cm³/mol. The van der Waals surface area contributed by atoms with Crippen molar-refractivity contribution in [2.45, 2.75) is 19.8 Å². The highest BCUT2D eigenvalue weighted by Gasteiger charge is 2.19. The fourth-order valence-corrected chi connectivity index (χ4v) is 2.99. The number of fused-ring (bicyclic) bond motifs is 1. The third kappa shape index (κ3) is 2.63. The van der Waals surface area contributed by atoms with Crippen LogP contribution in [-0.4, -0.2) is 29.1 Å². The molecule has 0 bridgehead atoms. The molecule has 110 valence electrons. The van der Waals surface area contributed by atoms with Crippen LogP contribution in [0.15, 0.2) is 35.5 Å². The van der Waals surface area contributed by atoms with Gasteiger partial charge in [0, 0.05) is 24.0 Å². The van der Waals surface area contributed by atoms with E-state index >= 15 is 0 Å². The van der Waals surface area contributed by atoms with Crippen molar-refractivity contribution in [3.8, 4) is 0 Å². The van der Waals surface area contributed by atoms with E-state index < -0.39 is 0 Å². The second-order valence-electron chi connectivity index (χ2n) is 5.72. The van der Waals surface area contributed by atoms with Crippen LogP contribution in [0.5, 0.6) is 0 Å². The third-order valence-electron chi connectivity index (χ3n) is 4.07. The summed E-state index contributed by atoms with van der Waals surface area (Å²) < 4.78 is 0. The second kappa shape index (κ2) is 5.60. The molecule has 2 heterocycles. The molecule has 3 rings (SSSR count). The van der Waals surface area contributed by atoms with Crippen molar-refractivity contribution >= 4 is 22.6 Å². The van der Waals surface area contributed by atoms with Gasteiger partial charge in [-0.3, -0.25) is 0 Å². The Morgan fingerprint density at radius 3 is 3.00 bits per heavy atom. The lowest BCUT2D eigenvalue weighted by Crippen LogP contribution is -2.35. The van der Waals surface area contributed by atoms with Crippen LogP contribution in [0.3, 0.4) is 0 Å². The Kier molecular flexibility index (Phi) is 3.64. The Labute approximate surface area is 124 Å². The minimum Gasteiger partial charge on any atom is -0.409 e. The molecular weight excluding hydrogens is 264 g/mol. The number of piperidine rings is 1. The number of hydrogen-bond acceptors (Lipinski definition) is 4. The summed E-state index contributed by atoms with van der Waals surface area (Å²) >= 11 is 0. The van der Waals surface area contributed by atoms with E-state index in [9.17, 15) is 0 Å². The molecule has 5 heteroatoms. The summed E-state index contributed by atoms with van der Waals surface area (Å²) in [5.74, 6) is 1.70. The Bertz CT molecular complexity index is 683. The minimum absolute atomic E-state index is 0.125. The number of amidine groups is 1. The lowest BCUT2D eigenvalue weighted by atomic mass is 10.00. The molecule has 0 saturated carbocycles. The van der Waals surface area contributed by atoms with Crippen molar-refractivity contribution in [2.24, 2.45) is 16.8 Å². The summed E-state index contributed by atoms with van der Waals surface area (Å²) in [7, 11) is 0. The first-order valence-electron chi connectivity index (χ1n) is 7.31. The van der Waals surface area contributed by atoms with Gasteiger partial charge in [0.2, 0.25) is 0 Å². The molecule has 1 aliphatic rings. The molecule has 1 atom stereocenters. The predicted octanol–water partition coefficient (Wildman–Crippen LogP) is 2.57. The van der Waals surface area contributed by atoms with Gasteiger partial charge in [-0.2, -0.15) is 0 Å². The van der Waals surface area contributed by atoms with Crippen LogP contribution in [0.25, 0.3) is 10.9 Å². The topological polar surface area (TPSA) is 74.7 Å². The summed E-state index contributed by atoms with van der Waals surface area (Å²) in [6.45, 7) is 4.27. The number of para-hydroxylation sites is 1. The summed E-state index contributed by atoms with van der Waals surface area (Å²) in [6.07, 6.45) is 2.44. The fraction of sp³-hybridized carbons (Fsp3) is 0.375. The van der Waals surface area contributed by atoms with Crippen molar-refractivity contribution in [2.75, 3.05) is 18.0 Å². The van der Waals surface area contributed by atoms with Crippen LogP contribution in [0.4, 0.5) is 5.82 Å². The van der Waals surface area contributed by atoms with Gasteiger partial charge in [-0.05, 0) is 30.9 Å². The lowest BCUT2D eigenvalue weighted by Gasteiger charge is -2.32. The van der Waals surface area contributed by atoms with Gasteiger partial charge in [-0.15, -0.1) is 0 Å². The van der Waals surface area contributed by atoms with E-state index in [1.807, 2.05) is 30.3 Å². The van der Waals surface area contributed by atoms with Crippen molar-refractivity contribution in [1.82, 2.24) is 4.98 Å². The number of anilines is 1. The molecule has 1 aromatic heterocycles. The molecular formula is C16H20N4O. The molecule has 0 amide bonds. The molecule has 1 saturated heterocycles. The fourth-order valence-electron chi connectivity index (χ4n) is 2.99. The maximum atomic E-state index is 9.02. The zero-order valence-corrected chi connectivity index (χ0v) is 12.2. The highest BCUT2D eigenvalue weighted by Crippen LogP contribution is 2.26. The van der Waals surface area contributed by atoms with Crippen molar-refractivity contribution in [3.63, 3.8) is 0 Å². The summed E-state index contributed by atoms with van der Waals surface area (Å²) in [5.41, 5.74) is 7.44. The van der Waals surface area contributed by atoms with Crippen LogP contribution >= 0.6 is 0 Å². The number of benzene rings is 1. The maximum Gasteiger partial charge on any atom is 0.170 e. The Morgan fingerprint density at radius 2 is 2.24 bits per heavy atom. The number of nitrogens with two attached hydrogens (primary N) is 1. The van der Waals surface area contributed by atoms with Gasteiger partial charge in [0.1, 0.15) is 5.82 Å². The first-order chi connectivity index (χ1) is 10.2. The molecule has 2 aromatic rings. The molecule has 1 unspecified atom stereocenters. The van der Waals surface area contributed by atoms with E-state index in [1.165, 1.54) is 12.8 Å². The molecule has 5 nitrogen and oxygen atoms in total. The normalized spacial score (nSPS) is 20.0. The second-order valence-corrected chi connectivity index (χ2v) is 5.72. The van der Waals surface area contributed by atoms with Gasteiger partial charge in [0.05, 0.1) is 5.52 Å². The molecule has 21 heavy (non-hydrogen) atoms. The van der Waals surface area contributed by atoms with Gasteiger partial charge in [-0.25, -0.2) is 4.98 Å². The van der Waals surface area contributed by atoms with Gasteiger partial charge in [-0.1, -0.05) is 30.3 Å². The standard InChI is InChI=1S/C16H20N4O/c1-11-5-4-8-20(10-11)15-9-13(16(17)19-21)12-6-2-3-7-14(12)18-15/h2-3,6-7,9,11,21H,4-5,8,10H2,1H3,(H2,17,19). The summed E-state index contributed by atoms with van der Waals surface area (Å²) in [4.78, 5) is 7.03. The molecule has 0 aliphatic carbocycles. The van der Waals surface area contributed by atoms with E-state index in [-0.39, 0.29) is 5.84 Å². The van der Waals surface area contributed by atoms with Gasteiger partial charge in [0.15, 0.2) is 5.84 Å². The Hall–Kier alpha value is -2.30. The third-order valence-corrected chi connectivity index (χ3v) is 4.07. The highest BCUT2D eigenvalue weighted by atomic mass is 16.4. The van der Waals surface area contributed by atoms with Crippen LogP contribution < -0.4 is 10.6 Å². The van der Waals surface area contributed by atoms with Crippen LogP contribution in [0, 0.1) is 5.92 Å². The quantitative estimate of drug-likeness (QED) is 0.385. The summed E-state index contributed by atoms with van der Waals surface area (Å²) in [6, 6.07) is 9.71. The van der Waals surface area contributed by atoms with Gasteiger partial charge < -0.3 is 15.8 Å². The average molecular weight is 284 g/mol. The lowest BCUT2D eigenvalue weighted by molar-refractivity contribution is 0.318. The molecule has 1 aromatic carbocycles. The van der Waals surface area contributed by atoms with Gasteiger partial charge in [0.25, 0.3) is 0 Å². The number of hydrogen-bond donors (Lipinski definition) is 2. The van der Waals surface area contributed by atoms with Crippen molar-refractivity contribution < 1.29 is 5.21 Å². The van der Waals surface area contributed by atoms with E-state index in [2.05, 4.69) is 17.0 Å². The first kappa shape index (κ1) is 13.7. The molecule has 3 N–H and O–H groups in total. The number of aromatic nitrogens is 1. The maximum absolute atomic E-state index is 9.02. The van der Waals surface area contributed by atoms with E-state index in [1.54, 1.807) is 0 Å². The number of oxime groups is 1. The summed E-state index contributed by atoms with van der Waals surface area (Å²) in [5, 5.41) is 13.1. The minimum atomic E-state index is 0.125. The van der Waals surface area contributed by atoms with Crippen molar-refractivity contribution in [1.29, 1.82) is 0 Å². The largest absolute Gasteiger partial charge is 0.409 e. The highest BCUT2D eigenvalue weighted by molar-refractivity contribution is 6.08. The first-order valence-corrected chi connectivity index (χ1v) is 7.31. The average Bonchev–Trinajstić information content (AvgIpc) is 2.53. The number of rotatable bonds is 2. The monoisotopic (exact) mass is 284 g/mol. The smallest absolute Gasteiger partial charge is 0.170 e. The van der Waals surface area contributed by atoms with Crippen LogP contribution in [0.1, 0.15) is 25.3 Å². The zero-order valence-electron chi connectivity index (χ0n) is 12.2. The zero-order chi connectivity index (χ0) is 14.8. The number of nitrogens with zero attached hydrogens (tertiary/aromatic N) is 3. The molecule has 1 aliphatic heterocycles. The molecule has 0 spiro atoms. The van der Waals surface area contributed by atoms with E-state index in [0.717, 1.165) is 35.4 Å². The van der Waals surface area contributed by atoms with Crippen LogP contribution in [-0.2, 0) is 0 Å². The van der Waals surface area contributed by atoms with Crippen LogP contribution in [0.2, 0.25) is 0 Å². The van der Waals surface area contributed by atoms with Crippen molar-refractivity contribution in [3.05, 3.63) is 35.9 Å². The molecule has 1 fully saturated rings. The van der Waals surface area contributed by atoms with E-state index in [4.69, 9.17) is 15.9 Å².